The Balaban J connectivity index is 1.12. The molecular weight excluding hydrogens is 448 g/mol. The van der Waals surface area contributed by atoms with E-state index in [1.807, 2.05) is 36.4 Å². The van der Waals surface area contributed by atoms with Crippen LogP contribution in [0.4, 0.5) is 0 Å². The van der Waals surface area contributed by atoms with Gasteiger partial charge in [-0.3, -0.25) is 4.79 Å². The van der Waals surface area contributed by atoms with Crippen LogP contribution >= 0.6 is 0 Å². The summed E-state index contributed by atoms with van der Waals surface area (Å²) in [5.41, 5.74) is 2.66. The van der Waals surface area contributed by atoms with E-state index in [9.17, 15) is 9.90 Å². The van der Waals surface area contributed by atoms with Crippen LogP contribution in [-0.4, -0.2) is 48.2 Å². The van der Waals surface area contributed by atoms with Gasteiger partial charge >= 0.3 is 0 Å². The highest BCUT2D eigenvalue weighted by Gasteiger charge is 2.24. The number of piperidine rings is 1. The minimum absolute atomic E-state index is 0.00977. The van der Waals surface area contributed by atoms with E-state index in [0.29, 0.717) is 12.1 Å². The predicted octanol–water partition coefficient (Wildman–Crippen LogP) is 5.55. The van der Waals surface area contributed by atoms with Gasteiger partial charge in [-0.15, -0.1) is 0 Å². The second-order valence-corrected chi connectivity index (χ2v) is 9.35. The fraction of sp³-hybridized carbons (Fsp3) is 0.258. The molecule has 1 heterocycles. The van der Waals surface area contributed by atoms with Crippen LogP contribution in [0.25, 0.3) is 10.8 Å². The Kier molecular flexibility index (Phi) is 7.60. The van der Waals surface area contributed by atoms with Crippen molar-refractivity contribution in [3.8, 4) is 5.75 Å². The average molecular weight is 481 g/mol. The predicted molar refractivity (Wildman–Crippen MR) is 143 cm³/mol. The van der Waals surface area contributed by atoms with E-state index < -0.39 is 0 Å². The third-order valence-corrected chi connectivity index (χ3v) is 6.89. The van der Waals surface area contributed by atoms with Gasteiger partial charge in [0.05, 0.1) is 11.7 Å². The Hall–Kier alpha value is -3.67. The van der Waals surface area contributed by atoms with Gasteiger partial charge in [-0.2, -0.15) is 0 Å². The maximum Gasteiger partial charge on any atom is 0.255 e. The van der Waals surface area contributed by atoms with Crippen LogP contribution < -0.4 is 5.32 Å². The molecule has 36 heavy (non-hydrogen) atoms. The number of benzene rings is 4. The first-order valence-corrected chi connectivity index (χ1v) is 12.6. The molecule has 0 radical (unpaired) electrons. The van der Waals surface area contributed by atoms with Gasteiger partial charge in [0.1, 0.15) is 11.9 Å². The van der Waals surface area contributed by atoms with Crippen LogP contribution in [0.15, 0.2) is 97.1 Å². The molecular formula is C31H32N2O3. The topological polar surface area (TPSA) is 61.8 Å². The van der Waals surface area contributed by atoms with Crippen LogP contribution in [0.2, 0.25) is 0 Å². The summed E-state index contributed by atoms with van der Waals surface area (Å²) in [4.78, 5) is 15.0. The van der Waals surface area contributed by atoms with Crippen LogP contribution in [0.5, 0.6) is 5.75 Å². The van der Waals surface area contributed by atoms with E-state index in [1.165, 1.54) is 11.1 Å². The van der Waals surface area contributed by atoms with Crippen LogP contribution in [0.3, 0.4) is 0 Å². The van der Waals surface area contributed by atoms with E-state index in [4.69, 9.17) is 4.74 Å². The molecule has 184 valence electrons. The first kappa shape index (κ1) is 24.0. The molecule has 1 saturated heterocycles. The number of phenols is 1. The number of hydrogen-bond acceptors (Lipinski definition) is 4. The van der Waals surface area contributed by atoms with E-state index in [2.05, 4.69) is 58.7 Å². The van der Waals surface area contributed by atoms with Crippen molar-refractivity contribution >= 4 is 16.7 Å². The second-order valence-electron chi connectivity index (χ2n) is 9.35. The molecule has 0 spiro atoms. The van der Waals surface area contributed by atoms with Crippen molar-refractivity contribution < 1.29 is 14.6 Å². The number of phenolic OH excluding ortho intramolecular Hbond substituents is 1. The number of rotatable bonds is 8. The van der Waals surface area contributed by atoms with Crippen molar-refractivity contribution in [3.05, 3.63) is 114 Å². The fourth-order valence-corrected chi connectivity index (χ4v) is 4.90. The van der Waals surface area contributed by atoms with Crippen molar-refractivity contribution in [2.45, 2.75) is 25.0 Å². The van der Waals surface area contributed by atoms with Gasteiger partial charge in [0.25, 0.3) is 5.91 Å². The highest BCUT2D eigenvalue weighted by atomic mass is 16.5. The van der Waals surface area contributed by atoms with Crippen molar-refractivity contribution in [2.24, 2.45) is 0 Å². The van der Waals surface area contributed by atoms with Crippen molar-refractivity contribution in [1.82, 2.24) is 10.2 Å². The molecule has 5 heteroatoms. The summed E-state index contributed by atoms with van der Waals surface area (Å²) in [5, 5.41) is 15.1. The molecule has 0 unspecified atom stereocenters. The average Bonchev–Trinajstić information content (AvgIpc) is 2.93. The van der Waals surface area contributed by atoms with E-state index in [1.54, 1.807) is 12.1 Å². The molecule has 1 amide bonds. The number of nitrogens with one attached hydrogen (secondary N) is 1. The van der Waals surface area contributed by atoms with E-state index in [0.717, 1.165) is 43.2 Å². The maximum absolute atomic E-state index is 12.7. The first-order valence-electron chi connectivity index (χ1n) is 12.6. The maximum atomic E-state index is 12.7. The molecule has 2 N–H and O–H groups in total. The molecule has 4 aromatic rings. The number of nitrogens with zero attached hydrogens (tertiary/aromatic N) is 1. The van der Waals surface area contributed by atoms with E-state index in [-0.39, 0.29) is 23.9 Å². The lowest BCUT2D eigenvalue weighted by atomic mass is 10.00. The molecule has 1 aliphatic rings. The lowest BCUT2D eigenvalue weighted by Crippen LogP contribution is -2.41. The number of fused-ring (bicyclic) bond motifs is 1. The second kappa shape index (κ2) is 11.4. The number of amides is 1. The lowest BCUT2D eigenvalue weighted by molar-refractivity contribution is -0.0267. The summed E-state index contributed by atoms with van der Waals surface area (Å²) < 4.78 is 6.64. The lowest BCUT2D eigenvalue weighted by Gasteiger charge is -2.34. The van der Waals surface area contributed by atoms with Gasteiger partial charge in [0.15, 0.2) is 0 Å². The molecule has 5 nitrogen and oxygen atoms in total. The number of hydrogen-bond donors (Lipinski definition) is 2. The monoisotopic (exact) mass is 480 g/mol. The Morgan fingerprint density at radius 3 is 2.03 bits per heavy atom. The Morgan fingerprint density at radius 2 is 1.42 bits per heavy atom. The summed E-state index contributed by atoms with van der Waals surface area (Å²) in [7, 11) is 0. The smallest absolute Gasteiger partial charge is 0.255 e. The molecule has 1 aliphatic heterocycles. The SMILES string of the molecule is O=C(NCCN1CCC(OC(c2ccccc2)c2ccccc2)CC1)c1cc2ccccc2cc1O. The largest absolute Gasteiger partial charge is 0.507 e. The summed E-state index contributed by atoms with van der Waals surface area (Å²) in [6.45, 7) is 3.16. The number of aromatic hydroxyl groups is 1. The van der Waals surface area contributed by atoms with Gasteiger partial charge in [-0.1, -0.05) is 84.9 Å². The third kappa shape index (κ3) is 5.76. The minimum Gasteiger partial charge on any atom is -0.507 e. The molecule has 5 rings (SSSR count). The van der Waals surface area contributed by atoms with Gasteiger partial charge < -0.3 is 20.1 Å². The van der Waals surface area contributed by atoms with Crippen molar-refractivity contribution in [2.75, 3.05) is 26.2 Å². The van der Waals surface area contributed by atoms with E-state index >= 15 is 0 Å². The first-order chi connectivity index (χ1) is 17.7. The number of carbonyl (C=O) groups is 1. The summed E-state index contributed by atoms with van der Waals surface area (Å²) >= 11 is 0. The van der Waals surface area contributed by atoms with Gasteiger partial charge in [-0.25, -0.2) is 0 Å². The van der Waals surface area contributed by atoms with Crippen LogP contribution in [-0.2, 0) is 4.74 Å². The summed E-state index contributed by atoms with van der Waals surface area (Å²) in [6.07, 6.45) is 2.03. The normalized spacial score (nSPS) is 14.8. The number of ether oxygens (including phenoxy) is 1. The standard InChI is InChI=1S/C31H32N2O3/c34-29-22-26-14-8-7-13-25(26)21-28(29)31(35)32-17-20-33-18-15-27(16-19-33)36-30(23-9-3-1-4-10-23)24-11-5-2-6-12-24/h1-14,21-22,27,30,34H,15-20H2,(H,32,35). The zero-order valence-electron chi connectivity index (χ0n) is 20.3. The highest BCUT2D eigenvalue weighted by Crippen LogP contribution is 2.30. The van der Waals surface area contributed by atoms with Gasteiger partial charge in [0.2, 0.25) is 0 Å². The minimum atomic E-state index is -0.245. The molecule has 0 bridgehead atoms. The highest BCUT2D eigenvalue weighted by molar-refractivity contribution is 6.01. The summed E-state index contributed by atoms with van der Waals surface area (Å²) in [5.74, 6) is -0.236. The fourth-order valence-electron chi connectivity index (χ4n) is 4.90. The Labute approximate surface area is 212 Å². The molecule has 4 aromatic carbocycles. The number of likely N-dealkylation sites (tertiary alicyclic amines) is 1. The summed E-state index contributed by atoms with van der Waals surface area (Å²) in [6, 6.07) is 31.9. The van der Waals surface area contributed by atoms with Crippen molar-refractivity contribution in [3.63, 3.8) is 0 Å². The molecule has 0 aliphatic carbocycles. The molecule has 1 fully saturated rings. The zero-order chi connectivity index (χ0) is 24.7. The van der Waals surface area contributed by atoms with Gasteiger partial charge in [-0.05, 0) is 46.9 Å². The van der Waals surface area contributed by atoms with Crippen LogP contribution in [0.1, 0.15) is 40.4 Å². The zero-order valence-corrected chi connectivity index (χ0v) is 20.3. The van der Waals surface area contributed by atoms with Crippen molar-refractivity contribution in [1.29, 1.82) is 0 Å². The van der Waals surface area contributed by atoms with Crippen LogP contribution in [0, 0.1) is 0 Å². The molecule has 0 atom stereocenters. The van der Waals surface area contributed by atoms with Gasteiger partial charge in [0, 0.05) is 26.2 Å². The number of carbonyl (C=O) groups excluding carboxylic acids is 1. The Bertz CT molecular complexity index is 1250. The molecule has 0 saturated carbocycles. The quantitative estimate of drug-likeness (QED) is 0.347. The third-order valence-electron chi connectivity index (χ3n) is 6.89. The Morgan fingerprint density at radius 1 is 0.861 bits per heavy atom. The molecule has 0 aromatic heterocycles.